The van der Waals surface area contributed by atoms with E-state index >= 15 is 0 Å². The number of methoxy groups -OCH3 is 1. The van der Waals surface area contributed by atoms with Gasteiger partial charge < -0.3 is 14.8 Å². The average molecular weight is 297 g/mol. The van der Waals surface area contributed by atoms with Crippen molar-refractivity contribution in [2.75, 3.05) is 13.7 Å². The standard InChI is InChI=1S/C14H19NO4S/c1-18-14(17)9-11(12-5-3-7-20-12)15-13(16)8-10-4-2-6-19-10/h3,5,7,10-11H,2,4,6,8-9H2,1H3,(H,15,16)/t10-,11-/m0/s1. The van der Waals surface area contributed by atoms with Crippen LogP contribution in [-0.2, 0) is 19.1 Å². The summed E-state index contributed by atoms with van der Waals surface area (Å²) in [6, 6.07) is 3.48. The van der Waals surface area contributed by atoms with Crippen molar-refractivity contribution in [2.24, 2.45) is 0 Å². The number of rotatable bonds is 6. The molecule has 2 rings (SSSR count). The molecule has 2 heterocycles. The van der Waals surface area contributed by atoms with Crippen molar-refractivity contribution in [3.63, 3.8) is 0 Å². The fraction of sp³-hybridized carbons (Fsp3) is 0.571. The molecule has 1 aromatic heterocycles. The average Bonchev–Trinajstić information content (AvgIpc) is 3.10. The summed E-state index contributed by atoms with van der Waals surface area (Å²) in [5, 5.41) is 4.82. The fourth-order valence-corrected chi connectivity index (χ4v) is 3.01. The van der Waals surface area contributed by atoms with E-state index in [0.717, 1.165) is 24.3 Å². The predicted molar refractivity (Wildman–Crippen MR) is 75.4 cm³/mol. The fourth-order valence-electron chi connectivity index (χ4n) is 2.23. The first-order chi connectivity index (χ1) is 9.69. The predicted octanol–water partition coefficient (Wildman–Crippen LogP) is 2.04. The lowest BCUT2D eigenvalue weighted by Gasteiger charge is -2.17. The summed E-state index contributed by atoms with van der Waals surface area (Å²) in [5.74, 6) is -0.417. The second kappa shape index (κ2) is 7.40. The first-order valence-electron chi connectivity index (χ1n) is 6.70. The first-order valence-corrected chi connectivity index (χ1v) is 7.58. The molecule has 1 fully saturated rings. The number of thiophene rings is 1. The van der Waals surface area contributed by atoms with Crippen LogP contribution in [0.5, 0.6) is 0 Å². The molecule has 0 aromatic carbocycles. The Bertz CT molecular complexity index is 440. The van der Waals surface area contributed by atoms with Crippen LogP contribution >= 0.6 is 11.3 Å². The molecular formula is C14H19NO4S. The van der Waals surface area contributed by atoms with Crippen LogP contribution in [0.25, 0.3) is 0 Å². The van der Waals surface area contributed by atoms with E-state index in [1.165, 1.54) is 18.4 Å². The van der Waals surface area contributed by atoms with Crippen molar-refractivity contribution in [2.45, 2.75) is 37.8 Å². The van der Waals surface area contributed by atoms with Gasteiger partial charge in [0.15, 0.2) is 0 Å². The zero-order valence-corrected chi connectivity index (χ0v) is 12.3. The van der Waals surface area contributed by atoms with E-state index in [4.69, 9.17) is 4.74 Å². The van der Waals surface area contributed by atoms with Crippen LogP contribution < -0.4 is 5.32 Å². The van der Waals surface area contributed by atoms with Crippen molar-refractivity contribution in [3.05, 3.63) is 22.4 Å². The smallest absolute Gasteiger partial charge is 0.307 e. The highest BCUT2D eigenvalue weighted by atomic mass is 32.1. The molecule has 110 valence electrons. The number of carbonyl (C=O) groups excluding carboxylic acids is 2. The zero-order chi connectivity index (χ0) is 14.4. The van der Waals surface area contributed by atoms with Crippen molar-refractivity contribution >= 4 is 23.2 Å². The molecule has 0 bridgehead atoms. The molecule has 5 nitrogen and oxygen atoms in total. The van der Waals surface area contributed by atoms with Crippen LogP contribution in [0, 0.1) is 0 Å². The molecule has 1 aromatic rings. The number of hydrogen-bond donors (Lipinski definition) is 1. The molecule has 0 saturated carbocycles. The molecule has 1 amide bonds. The summed E-state index contributed by atoms with van der Waals surface area (Å²) in [6.07, 6.45) is 2.44. The molecule has 1 aliphatic rings. The summed E-state index contributed by atoms with van der Waals surface area (Å²) >= 11 is 1.51. The molecule has 6 heteroatoms. The first kappa shape index (κ1) is 15.0. The molecule has 1 N–H and O–H groups in total. The maximum absolute atomic E-state index is 12.0. The summed E-state index contributed by atoms with van der Waals surface area (Å²) in [7, 11) is 1.35. The van der Waals surface area contributed by atoms with Gasteiger partial charge in [0.25, 0.3) is 0 Å². The maximum atomic E-state index is 12.0. The Balaban J connectivity index is 1.92. The highest BCUT2D eigenvalue weighted by Gasteiger charge is 2.23. The lowest BCUT2D eigenvalue weighted by atomic mass is 10.1. The Kier molecular flexibility index (Phi) is 5.55. The van der Waals surface area contributed by atoms with E-state index in [0.29, 0.717) is 6.42 Å². The number of hydrogen-bond acceptors (Lipinski definition) is 5. The molecule has 2 atom stereocenters. The zero-order valence-electron chi connectivity index (χ0n) is 11.5. The summed E-state index contributed by atoms with van der Waals surface area (Å²) in [4.78, 5) is 24.4. The molecule has 1 saturated heterocycles. The Hall–Kier alpha value is -1.40. The Morgan fingerprint density at radius 3 is 3.05 bits per heavy atom. The van der Waals surface area contributed by atoms with Gasteiger partial charge in [-0.25, -0.2) is 0 Å². The van der Waals surface area contributed by atoms with E-state index in [2.05, 4.69) is 10.1 Å². The monoisotopic (exact) mass is 297 g/mol. The minimum Gasteiger partial charge on any atom is -0.469 e. The van der Waals surface area contributed by atoms with Gasteiger partial charge in [-0.3, -0.25) is 9.59 Å². The molecule has 0 unspecified atom stereocenters. The number of amides is 1. The van der Waals surface area contributed by atoms with E-state index < -0.39 is 0 Å². The van der Waals surface area contributed by atoms with Crippen LogP contribution in [0.3, 0.4) is 0 Å². The van der Waals surface area contributed by atoms with Gasteiger partial charge in [-0.05, 0) is 24.3 Å². The van der Waals surface area contributed by atoms with Crippen LogP contribution in [0.4, 0.5) is 0 Å². The third-order valence-corrected chi connectivity index (χ3v) is 4.24. The van der Waals surface area contributed by atoms with Crippen LogP contribution in [0.2, 0.25) is 0 Å². The number of esters is 1. The van der Waals surface area contributed by atoms with E-state index in [9.17, 15) is 9.59 Å². The lowest BCUT2D eigenvalue weighted by molar-refractivity contribution is -0.141. The largest absolute Gasteiger partial charge is 0.469 e. The van der Waals surface area contributed by atoms with E-state index in [1.54, 1.807) is 0 Å². The third kappa shape index (κ3) is 4.31. The van der Waals surface area contributed by atoms with E-state index in [1.807, 2.05) is 17.5 Å². The van der Waals surface area contributed by atoms with Gasteiger partial charge in [0.05, 0.1) is 32.1 Å². The lowest BCUT2D eigenvalue weighted by Crippen LogP contribution is -2.32. The molecule has 0 radical (unpaired) electrons. The topological polar surface area (TPSA) is 64.6 Å². The molecule has 20 heavy (non-hydrogen) atoms. The number of ether oxygens (including phenoxy) is 2. The molecule has 0 aliphatic carbocycles. The van der Waals surface area contributed by atoms with Gasteiger partial charge in [-0.2, -0.15) is 0 Å². The van der Waals surface area contributed by atoms with Gasteiger partial charge in [-0.1, -0.05) is 6.07 Å². The Morgan fingerprint density at radius 2 is 2.45 bits per heavy atom. The number of nitrogens with one attached hydrogen (secondary N) is 1. The van der Waals surface area contributed by atoms with Crippen molar-refractivity contribution in [1.82, 2.24) is 5.32 Å². The highest BCUT2D eigenvalue weighted by molar-refractivity contribution is 7.10. The van der Waals surface area contributed by atoms with Crippen LogP contribution in [-0.4, -0.2) is 31.7 Å². The van der Waals surface area contributed by atoms with Gasteiger partial charge in [0, 0.05) is 11.5 Å². The van der Waals surface area contributed by atoms with Crippen LogP contribution in [0.15, 0.2) is 17.5 Å². The maximum Gasteiger partial charge on any atom is 0.307 e. The van der Waals surface area contributed by atoms with Gasteiger partial charge >= 0.3 is 5.97 Å². The SMILES string of the molecule is COC(=O)C[C@H](NC(=O)C[C@@H]1CCCO1)c1cccs1. The number of carbonyl (C=O) groups is 2. The summed E-state index contributed by atoms with van der Waals surface area (Å²) in [5.41, 5.74) is 0. The summed E-state index contributed by atoms with van der Waals surface area (Å²) < 4.78 is 10.1. The quantitative estimate of drug-likeness (QED) is 0.816. The third-order valence-electron chi connectivity index (χ3n) is 3.26. The van der Waals surface area contributed by atoms with E-state index in [-0.39, 0.29) is 30.4 Å². The van der Waals surface area contributed by atoms with Crippen molar-refractivity contribution in [1.29, 1.82) is 0 Å². The minimum atomic E-state index is -0.333. The highest BCUT2D eigenvalue weighted by Crippen LogP contribution is 2.23. The Morgan fingerprint density at radius 1 is 1.60 bits per heavy atom. The second-order valence-electron chi connectivity index (χ2n) is 4.75. The molecular weight excluding hydrogens is 278 g/mol. The Labute approximate surface area is 122 Å². The normalized spacial score (nSPS) is 19.6. The van der Waals surface area contributed by atoms with Crippen molar-refractivity contribution < 1.29 is 19.1 Å². The van der Waals surface area contributed by atoms with Gasteiger partial charge in [0.2, 0.25) is 5.91 Å². The second-order valence-corrected chi connectivity index (χ2v) is 5.73. The van der Waals surface area contributed by atoms with Gasteiger partial charge in [0.1, 0.15) is 0 Å². The van der Waals surface area contributed by atoms with Crippen molar-refractivity contribution in [3.8, 4) is 0 Å². The van der Waals surface area contributed by atoms with Crippen LogP contribution in [0.1, 0.15) is 36.6 Å². The summed E-state index contributed by atoms with van der Waals surface area (Å²) in [6.45, 7) is 0.731. The molecule has 0 spiro atoms. The van der Waals surface area contributed by atoms with Gasteiger partial charge in [-0.15, -0.1) is 11.3 Å². The molecule has 1 aliphatic heterocycles. The minimum absolute atomic E-state index is 0.0112.